The second-order valence-electron chi connectivity index (χ2n) is 5.01. The van der Waals surface area contributed by atoms with Gasteiger partial charge in [0.1, 0.15) is 0 Å². The van der Waals surface area contributed by atoms with E-state index in [2.05, 4.69) is 22.0 Å². The highest BCUT2D eigenvalue weighted by molar-refractivity contribution is 6.05. The molecule has 2 aromatic rings. The second-order valence-corrected chi connectivity index (χ2v) is 5.01. The lowest BCUT2D eigenvalue weighted by molar-refractivity contribution is 0.0905. The van der Waals surface area contributed by atoms with E-state index in [0.29, 0.717) is 18.2 Å². The Kier molecular flexibility index (Phi) is 3.18. The van der Waals surface area contributed by atoms with Crippen molar-refractivity contribution >= 4 is 17.6 Å². The average Bonchev–Trinajstić information content (AvgIpc) is 2.84. The summed E-state index contributed by atoms with van der Waals surface area (Å²) in [5.74, 6) is 0.902. The van der Waals surface area contributed by atoms with E-state index in [1.54, 1.807) is 0 Å². The van der Waals surface area contributed by atoms with Crippen LogP contribution in [0.25, 0.3) is 11.4 Å². The molecule has 3 rings (SSSR count). The van der Waals surface area contributed by atoms with Crippen molar-refractivity contribution in [3.05, 3.63) is 29.8 Å². The van der Waals surface area contributed by atoms with E-state index in [1.165, 1.54) is 10.2 Å². The molecule has 5 heteroatoms. The number of benzene rings is 1. The first-order valence-electron chi connectivity index (χ1n) is 6.81. The predicted molar refractivity (Wildman–Crippen MR) is 77.4 cm³/mol. The van der Waals surface area contributed by atoms with Crippen LogP contribution in [0.5, 0.6) is 0 Å². The monoisotopic (exact) mass is 268 g/mol. The molecule has 0 saturated carbocycles. The number of hydrogen-bond donors (Lipinski definition) is 0. The number of carbonyl (C=O) groups excluding carboxylic acids is 1. The van der Waals surface area contributed by atoms with E-state index in [9.17, 15) is 4.79 Å². The summed E-state index contributed by atoms with van der Waals surface area (Å²) in [5, 5.41) is 4.28. The molecule has 0 radical (unpaired) electrons. The SMILES string of the molecule is CCCC1=Nc2nc(-c3ccc(C)cc3)nn2C(=O)C1. The summed E-state index contributed by atoms with van der Waals surface area (Å²) in [6.07, 6.45) is 2.15. The van der Waals surface area contributed by atoms with Crippen molar-refractivity contribution < 1.29 is 4.79 Å². The molecule has 20 heavy (non-hydrogen) atoms. The number of carbonyl (C=O) groups is 1. The van der Waals surface area contributed by atoms with Crippen molar-refractivity contribution in [2.75, 3.05) is 0 Å². The van der Waals surface area contributed by atoms with Crippen molar-refractivity contribution in [2.45, 2.75) is 33.1 Å². The summed E-state index contributed by atoms with van der Waals surface area (Å²) in [4.78, 5) is 20.9. The maximum Gasteiger partial charge on any atom is 0.255 e. The Morgan fingerprint density at radius 2 is 2.00 bits per heavy atom. The van der Waals surface area contributed by atoms with Crippen molar-refractivity contribution in [2.24, 2.45) is 4.99 Å². The van der Waals surface area contributed by atoms with Gasteiger partial charge in [-0.2, -0.15) is 9.67 Å². The van der Waals surface area contributed by atoms with Crippen LogP contribution < -0.4 is 0 Å². The largest absolute Gasteiger partial charge is 0.272 e. The molecule has 0 atom stereocenters. The van der Waals surface area contributed by atoms with E-state index in [0.717, 1.165) is 24.1 Å². The highest BCUT2D eigenvalue weighted by atomic mass is 16.2. The fourth-order valence-corrected chi connectivity index (χ4v) is 2.23. The van der Waals surface area contributed by atoms with E-state index in [-0.39, 0.29) is 5.91 Å². The van der Waals surface area contributed by atoms with Gasteiger partial charge in [-0.25, -0.2) is 4.99 Å². The first-order chi connectivity index (χ1) is 9.67. The van der Waals surface area contributed by atoms with Gasteiger partial charge in [0.05, 0.1) is 6.42 Å². The summed E-state index contributed by atoms with van der Waals surface area (Å²) < 4.78 is 1.31. The molecule has 1 aromatic heterocycles. The van der Waals surface area contributed by atoms with Crippen LogP contribution in [0.15, 0.2) is 29.3 Å². The van der Waals surface area contributed by atoms with Gasteiger partial charge in [-0.3, -0.25) is 4.79 Å². The molecule has 1 aromatic carbocycles. The zero-order valence-electron chi connectivity index (χ0n) is 11.6. The van der Waals surface area contributed by atoms with Crippen LogP contribution in [-0.4, -0.2) is 26.4 Å². The third kappa shape index (κ3) is 2.27. The van der Waals surface area contributed by atoms with Gasteiger partial charge in [0, 0.05) is 11.3 Å². The zero-order chi connectivity index (χ0) is 14.1. The van der Waals surface area contributed by atoms with Crippen LogP contribution in [0.2, 0.25) is 0 Å². The molecule has 0 saturated heterocycles. The van der Waals surface area contributed by atoms with Crippen LogP contribution in [0.1, 0.15) is 36.5 Å². The first-order valence-corrected chi connectivity index (χ1v) is 6.81. The predicted octanol–water partition coefficient (Wildman–Crippen LogP) is 3.17. The summed E-state index contributed by atoms with van der Waals surface area (Å²) in [7, 11) is 0. The summed E-state index contributed by atoms with van der Waals surface area (Å²) in [6.45, 7) is 4.10. The first kappa shape index (κ1) is 12.7. The minimum absolute atomic E-state index is 0.0516. The molecule has 2 heterocycles. The Morgan fingerprint density at radius 3 is 2.70 bits per heavy atom. The molecule has 0 unspecified atom stereocenters. The number of aromatic nitrogens is 3. The van der Waals surface area contributed by atoms with Gasteiger partial charge in [0.25, 0.3) is 11.9 Å². The maximum absolute atomic E-state index is 12.0. The molecule has 0 aliphatic carbocycles. The quantitative estimate of drug-likeness (QED) is 0.859. The van der Waals surface area contributed by atoms with Crippen molar-refractivity contribution in [3.63, 3.8) is 0 Å². The van der Waals surface area contributed by atoms with Crippen LogP contribution in [-0.2, 0) is 0 Å². The number of aryl methyl sites for hydroxylation is 1. The van der Waals surface area contributed by atoms with Gasteiger partial charge >= 0.3 is 0 Å². The highest BCUT2D eigenvalue weighted by Crippen LogP contribution is 2.23. The molecule has 5 nitrogen and oxygen atoms in total. The van der Waals surface area contributed by atoms with Crippen molar-refractivity contribution in [1.29, 1.82) is 0 Å². The Morgan fingerprint density at radius 1 is 1.25 bits per heavy atom. The summed E-state index contributed by atoms with van der Waals surface area (Å²) in [5.41, 5.74) is 2.97. The van der Waals surface area contributed by atoms with Crippen molar-refractivity contribution in [3.8, 4) is 11.4 Å². The van der Waals surface area contributed by atoms with Crippen LogP contribution >= 0.6 is 0 Å². The highest BCUT2D eigenvalue weighted by Gasteiger charge is 2.23. The zero-order valence-corrected chi connectivity index (χ0v) is 11.6. The minimum Gasteiger partial charge on any atom is -0.272 e. The topological polar surface area (TPSA) is 60.1 Å². The average molecular weight is 268 g/mol. The van der Waals surface area contributed by atoms with Gasteiger partial charge in [-0.1, -0.05) is 43.2 Å². The van der Waals surface area contributed by atoms with Gasteiger partial charge < -0.3 is 0 Å². The third-order valence-electron chi connectivity index (χ3n) is 3.29. The number of hydrogen-bond acceptors (Lipinski definition) is 4. The molecular formula is C15H16N4O. The molecule has 0 bridgehead atoms. The second kappa shape index (κ2) is 5.00. The van der Waals surface area contributed by atoms with Crippen LogP contribution in [0.3, 0.4) is 0 Å². The molecule has 0 spiro atoms. The molecule has 0 fully saturated rings. The lowest BCUT2D eigenvalue weighted by Crippen LogP contribution is -2.20. The van der Waals surface area contributed by atoms with E-state index < -0.39 is 0 Å². The van der Waals surface area contributed by atoms with E-state index in [1.807, 2.05) is 31.2 Å². The van der Waals surface area contributed by atoms with Gasteiger partial charge in [0.15, 0.2) is 5.82 Å². The standard InChI is InChI=1S/C15H16N4O/c1-3-4-12-9-13(20)19-15(16-12)17-14(18-19)11-7-5-10(2)6-8-11/h5-8H,3-4,9H2,1-2H3. The van der Waals surface area contributed by atoms with Gasteiger partial charge in [-0.15, -0.1) is 5.10 Å². The van der Waals surface area contributed by atoms with Crippen LogP contribution in [0.4, 0.5) is 5.95 Å². The number of fused-ring (bicyclic) bond motifs is 1. The Balaban J connectivity index is 2.00. The number of rotatable bonds is 3. The molecular weight excluding hydrogens is 252 g/mol. The molecule has 0 amide bonds. The third-order valence-corrected chi connectivity index (χ3v) is 3.29. The fraction of sp³-hybridized carbons (Fsp3) is 0.333. The lowest BCUT2D eigenvalue weighted by atomic mass is 10.1. The van der Waals surface area contributed by atoms with Gasteiger partial charge in [-0.05, 0) is 13.3 Å². The van der Waals surface area contributed by atoms with E-state index >= 15 is 0 Å². The summed E-state index contributed by atoms with van der Waals surface area (Å²) in [6, 6.07) is 7.92. The van der Waals surface area contributed by atoms with Crippen molar-refractivity contribution in [1.82, 2.24) is 14.8 Å². The molecule has 1 aliphatic rings. The molecule has 102 valence electrons. The smallest absolute Gasteiger partial charge is 0.255 e. The maximum atomic E-state index is 12.0. The number of aliphatic imine (C=N–C) groups is 1. The number of nitrogens with zero attached hydrogens (tertiary/aromatic N) is 4. The summed E-state index contributed by atoms with van der Waals surface area (Å²) >= 11 is 0. The van der Waals surface area contributed by atoms with Crippen LogP contribution in [0, 0.1) is 6.92 Å². The Bertz CT molecular complexity index is 682. The van der Waals surface area contributed by atoms with Gasteiger partial charge in [0.2, 0.25) is 0 Å². The molecule has 0 N–H and O–H groups in total. The normalized spacial score (nSPS) is 14.1. The molecule has 1 aliphatic heterocycles. The fourth-order valence-electron chi connectivity index (χ4n) is 2.23. The minimum atomic E-state index is -0.0516. The lowest BCUT2D eigenvalue weighted by Gasteiger charge is -2.10. The van der Waals surface area contributed by atoms with E-state index in [4.69, 9.17) is 0 Å². The Hall–Kier alpha value is -2.30. The Labute approximate surface area is 117 Å².